The molecule has 0 radical (unpaired) electrons. The van der Waals surface area contributed by atoms with Crippen molar-refractivity contribution < 1.29 is 4.74 Å². The van der Waals surface area contributed by atoms with E-state index in [4.69, 9.17) is 11.2 Å². The summed E-state index contributed by atoms with van der Waals surface area (Å²) in [5.41, 5.74) is 2.15. The molecule has 0 fully saturated rings. The lowest BCUT2D eigenvalue weighted by Crippen LogP contribution is -2.03. The topological polar surface area (TPSA) is 21.3 Å². The number of terminal acetylenes is 1. The van der Waals surface area contributed by atoms with E-state index in [0.29, 0.717) is 6.54 Å². The van der Waals surface area contributed by atoms with Crippen LogP contribution in [0.5, 0.6) is 5.75 Å². The highest BCUT2D eigenvalue weighted by atomic mass is 16.5. The first-order valence-corrected chi connectivity index (χ1v) is 5.18. The number of benzene rings is 1. The number of rotatable bonds is 5. The lowest BCUT2D eigenvalue weighted by molar-refractivity contribution is 0.318. The van der Waals surface area contributed by atoms with Crippen molar-refractivity contribution in [2.24, 2.45) is 0 Å². The quantitative estimate of drug-likeness (QED) is 0.743. The molecule has 0 spiro atoms. The third kappa shape index (κ3) is 3.55. The van der Waals surface area contributed by atoms with Gasteiger partial charge in [0.1, 0.15) is 5.75 Å². The molecule has 0 heterocycles. The normalized spacial score (nSPS) is 9.40. The highest BCUT2D eigenvalue weighted by molar-refractivity contribution is 5.58. The summed E-state index contributed by atoms with van der Waals surface area (Å²) in [4.78, 5) is 0. The van der Waals surface area contributed by atoms with Gasteiger partial charge in [-0.25, -0.2) is 0 Å². The molecule has 15 heavy (non-hydrogen) atoms. The van der Waals surface area contributed by atoms with Crippen molar-refractivity contribution in [3.63, 3.8) is 0 Å². The van der Waals surface area contributed by atoms with E-state index in [9.17, 15) is 0 Å². The van der Waals surface area contributed by atoms with Crippen LogP contribution in [0.25, 0.3) is 0 Å². The van der Waals surface area contributed by atoms with Crippen molar-refractivity contribution >= 4 is 5.69 Å². The Bertz CT molecular complexity index is 352. The molecule has 80 valence electrons. The van der Waals surface area contributed by atoms with Gasteiger partial charge in [-0.3, -0.25) is 0 Å². The number of hydrogen-bond acceptors (Lipinski definition) is 2. The molecule has 0 bridgehead atoms. The monoisotopic (exact) mass is 203 g/mol. The van der Waals surface area contributed by atoms with E-state index in [2.05, 4.69) is 18.2 Å². The zero-order valence-corrected chi connectivity index (χ0v) is 9.34. The van der Waals surface area contributed by atoms with E-state index in [1.165, 1.54) is 5.56 Å². The molecule has 1 N–H and O–H groups in total. The first-order chi connectivity index (χ1) is 7.27. The molecule has 0 aliphatic heterocycles. The average molecular weight is 203 g/mol. The Hall–Kier alpha value is -1.62. The van der Waals surface area contributed by atoms with Crippen LogP contribution in [-0.2, 0) is 0 Å². The third-order valence-corrected chi connectivity index (χ3v) is 1.98. The Morgan fingerprint density at radius 3 is 2.93 bits per heavy atom. The Morgan fingerprint density at radius 2 is 2.27 bits per heavy atom. The highest BCUT2D eigenvalue weighted by Gasteiger charge is 2.02. The molecule has 1 aromatic carbocycles. The number of nitrogens with one attached hydrogen (secondary N) is 1. The molecular weight excluding hydrogens is 186 g/mol. The molecule has 0 amide bonds. The van der Waals surface area contributed by atoms with Gasteiger partial charge in [0.15, 0.2) is 0 Å². The van der Waals surface area contributed by atoms with E-state index in [1.54, 1.807) is 0 Å². The van der Waals surface area contributed by atoms with E-state index in [-0.39, 0.29) is 0 Å². The molecular formula is C13H17NO. The fourth-order valence-electron chi connectivity index (χ4n) is 1.25. The summed E-state index contributed by atoms with van der Waals surface area (Å²) in [5.74, 6) is 3.43. The molecule has 2 nitrogen and oxygen atoms in total. The molecule has 0 saturated carbocycles. The molecule has 0 aromatic heterocycles. The Morgan fingerprint density at radius 1 is 1.47 bits per heavy atom. The van der Waals surface area contributed by atoms with E-state index >= 15 is 0 Å². The van der Waals surface area contributed by atoms with E-state index < -0.39 is 0 Å². The summed E-state index contributed by atoms with van der Waals surface area (Å²) in [6.45, 7) is 5.38. The van der Waals surface area contributed by atoms with Gasteiger partial charge in [-0.15, -0.1) is 6.42 Å². The molecule has 2 heteroatoms. The second kappa shape index (κ2) is 5.98. The van der Waals surface area contributed by atoms with Crippen LogP contribution in [-0.4, -0.2) is 13.2 Å². The second-order valence-corrected chi connectivity index (χ2v) is 3.41. The summed E-state index contributed by atoms with van der Waals surface area (Å²) < 4.78 is 5.63. The van der Waals surface area contributed by atoms with Crippen LogP contribution < -0.4 is 10.1 Å². The lowest BCUT2D eigenvalue weighted by atomic mass is 10.2. The van der Waals surface area contributed by atoms with Crippen molar-refractivity contribution in [3.05, 3.63) is 23.8 Å². The van der Waals surface area contributed by atoms with Gasteiger partial charge in [-0.2, -0.15) is 0 Å². The first-order valence-electron chi connectivity index (χ1n) is 5.18. The van der Waals surface area contributed by atoms with Gasteiger partial charge >= 0.3 is 0 Å². The number of ether oxygens (including phenoxy) is 1. The fraction of sp³-hybridized carbons (Fsp3) is 0.385. The van der Waals surface area contributed by atoms with Gasteiger partial charge in [0.05, 0.1) is 18.8 Å². The Kier molecular flexibility index (Phi) is 4.56. The number of anilines is 1. The summed E-state index contributed by atoms with van der Waals surface area (Å²) >= 11 is 0. The van der Waals surface area contributed by atoms with Crippen LogP contribution in [0.15, 0.2) is 18.2 Å². The molecule has 1 aromatic rings. The predicted molar refractivity (Wildman–Crippen MR) is 64.3 cm³/mol. The Labute approximate surface area is 91.6 Å². The van der Waals surface area contributed by atoms with Crippen LogP contribution in [0.4, 0.5) is 5.69 Å². The van der Waals surface area contributed by atoms with Gasteiger partial charge < -0.3 is 10.1 Å². The third-order valence-electron chi connectivity index (χ3n) is 1.98. The highest BCUT2D eigenvalue weighted by Crippen LogP contribution is 2.25. The molecule has 0 atom stereocenters. The molecule has 0 unspecified atom stereocenters. The standard InChI is InChI=1S/C13H17NO/c1-4-8-14-12-7-6-11(3)10-13(12)15-9-5-2/h1,6-7,10,14H,5,8-9H2,2-3H3. The van der Waals surface area contributed by atoms with Crippen LogP contribution >= 0.6 is 0 Å². The predicted octanol–water partition coefficient (Wildman–Crippen LogP) is 2.83. The van der Waals surface area contributed by atoms with Crippen molar-refractivity contribution in [2.45, 2.75) is 20.3 Å². The minimum absolute atomic E-state index is 0.519. The summed E-state index contributed by atoms with van der Waals surface area (Å²) in [6.07, 6.45) is 6.21. The molecule has 1 rings (SSSR count). The minimum atomic E-state index is 0.519. The van der Waals surface area contributed by atoms with E-state index in [1.807, 2.05) is 25.1 Å². The minimum Gasteiger partial charge on any atom is -0.491 e. The van der Waals surface area contributed by atoms with Gasteiger partial charge in [-0.1, -0.05) is 18.9 Å². The summed E-state index contributed by atoms with van der Waals surface area (Å²) in [7, 11) is 0. The van der Waals surface area contributed by atoms with Gasteiger partial charge in [0, 0.05) is 0 Å². The SMILES string of the molecule is C#CCNc1ccc(C)cc1OCCC. The number of hydrogen-bond donors (Lipinski definition) is 1. The first kappa shape index (κ1) is 11.5. The summed E-state index contributed by atoms with van der Waals surface area (Å²) in [6, 6.07) is 6.06. The van der Waals surface area contributed by atoms with Gasteiger partial charge in [-0.05, 0) is 31.0 Å². The smallest absolute Gasteiger partial charge is 0.142 e. The maximum Gasteiger partial charge on any atom is 0.142 e. The maximum absolute atomic E-state index is 5.63. The largest absolute Gasteiger partial charge is 0.491 e. The zero-order chi connectivity index (χ0) is 11.1. The number of aryl methyl sites for hydroxylation is 1. The van der Waals surface area contributed by atoms with Crippen LogP contribution in [0, 0.1) is 19.3 Å². The molecule has 0 aliphatic rings. The van der Waals surface area contributed by atoms with Crippen molar-refractivity contribution in [3.8, 4) is 18.1 Å². The molecule has 0 saturated heterocycles. The van der Waals surface area contributed by atoms with Crippen molar-refractivity contribution in [1.82, 2.24) is 0 Å². The van der Waals surface area contributed by atoms with Crippen molar-refractivity contribution in [1.29, 1.82) is 0 Å². The second-order valence-electron chi connectivity index (χ2n) is 3.41. The van der Waals surface area contributed by atoms with Gasteiger partial charge in [0.25, 0.3) is 0 Å². The van der Waals surface area contributed by atoms with Crippen LogP contribution in [0.1, 0.15) is 18.9 Å². The lowest BCUT2D eigenvalue weighted by Gasteiger charge is -2.12. The van der Waals surface area contributed by atoms with Crippen LogP contribution in [0.2, 0.25) is 0 Å². The Balaban J connectivity index is 2.78. The maximum atomic E-state index is 5.63. The molecule has 0 aliphatic carbocycles. The zero-order valence-electron chi connectivity index (χ0n) is 9.34. The van der Waals surface area contributed by atoms with E-state index in [0.717, 1.165) is 24.5 Å². The summed E-state index contributed by atoms with van der Waals surface area (Å²) in [5, 5.41) is 3.14. The average Bonchev–Trinajstić information content (AvgIpc) is 2.25. The van der Waals surface area contributed by atoms with Crippen LogP contribution in [0.3, 0.4) is 0 Å². The van der Waals surface area contributed by atoms with Gasteiger partial charge in [0.2, 0.25) is 0 Å². The van der Waals surface area contributed by atoms with Crippen molar-refractivity contribution in [2.75, 3.05) is 18.5 Å². The fourth-order valence-corrected chi connectivity index (χ4v) is 1.25.